The Kier molecular flexibility index (Phi) is 7.71. The first-order valence-corrected chi connectivity index (χ1v) is 10.4. The van der Waals surface area contributed by atoms with Crippen LogP contribution < -0.4 is 10.1 Å². The maximum atomic E-state index is 12.3. The molecule has 0 aliphatic carbocycles. The lowest BCUT2D eigenvalue weighted by atomic mass is 10.0. The van der Waals surface area contributed by atoms with Crippen molar-refractivity contribution < 1.29 is 9.53 Å². The fourth-order valence-electron chi connectivity index (χ4n) is 2.50. The van der Waals surface area contributed by atoms with E-state index in [1.54, 1.807) is 7.11 Å². The molecule has 7 heteroatoms. The minimum Gasteiger partial charge on any atom is -0.497 e. The van der Waals surface area contributed by atoms with E-state index in [-0.39, 0.29) is 11.4 Å². The van der Waals surface area contributed by atoms with Gasteiger partial charge in [0, 0.05) is 17.6 Å². The van der Waals surface area contributed by atoms with Gasteiger partial charge in [-0.3, -0.25) is 4.79 Å². The Balaban J connectivity index is 2.16. The van der Waals surface area contributed by atoms with Gasteiger partial charge >= 0.3 is 0 Å². The summed E-state index contributed by atoms with van der Waals surface area (Å²) in [6.07, 6.45) is 3.00. The van der Waals surface area contributed by atoms with Gasteiger partial charge in [0.25, 0.3) is 0 Å². The Labute approximate surface area is 166 Å². The van der Waals surface area contributed by atoms with Gasteiger partial charge in [-0.15, -0.1) is 10.2 Å². The standard InChI is InChI=1S/C20H30N4O2S/c1-6-8-13-24-18(15-9-11-16(26-5)12-10-15)22-23-19(24)27-14-17(25)21-20(3,4)7-2/h9-12H,6-8,13-14H2,1-5H3,(H,21,25). The second-order valence-corrected chi connectivity index (χ2v) is 8.06. The van der Waals surface area contributed by atoms with Gasteiger partial charge in [-0.25, -0.2) is 0 Å². The van der Waals surface area contributed by atoms with Crippen molar-refractivity contribution in [2.75, 3.05) is 12.9 Å². The van der Waals surface area contributed by atoms with Crippen molar-refractivity contribution in [1.29, 1.82) is 0 Å². The number of methoxy groups -OCH3 is 1. The quantitative estimate of drug-likeness (QED) is 0.617. The van der Waals surface area contributed by atoms with Crippen molar-refractivity contribution in [3.05, 3.63) is 24.3 Å². The molecule has 2 aromatic rings. The molecule has 6 nitrogen and oxygen atoms in total. The summed E-state index contributed by atoms with van der Waals surface area (Å²) in [6.45, 7) is 9.11. The topological polar surface area (TPSA) is 69.0 Å². The van der Waals surface area contributed by atoms with E-state index in [0.29, 0.717) is 5.75 Å². The van der Waals surface area contributed by atoms with Crippen molar-refractivity contribution in [1.82, 2.24) is 20.1 Å². The van der Waals surface area contributed by atoms with Gasteiger partial charge in [-0.2, -0.15) is 0 Å². The monoisotopic (exact) mass is 390 g/mol. The first kappa shape index (κ1) is 21.3. The molecule has 1 N–H and O–H groups in total. The van der Waals surface area contributed by atoms with E-state index in [9.17, 15) is 4.79 Å². The molecule has 0 radical (unpaired) electrons. The Morgan fingerprint density at radius 3 is 2.52 bits per heavy atom. The minimum absolute atomic E-state index is 0.0166. The number of benzene rings is 1. The SMILES string of the molecule is CCCCn1c(SCC(=O)NC(C)(C)CC)nnc1-c1ccc(OC)cc1. The van der Waals surface area contributed by atoms with Gasteiger partial charge < -0.3 is 14.6 Å². The number of nitrogens with one attached hydrogen (secondary N) is 1. The van der Waals surface area contributed by atoms with E-state index in [0.717, 1.165) is 48.1 Å². The zero-order valence-corrected chi connectivity index (χ0v) is 17.7. The van der Waals surface area contributed by atoms with Gasteiger partial charge in [0.2, 0.25) is 5.91 Å². The van der Waals surface area contributed by atoms with Crippen LogP contribution in [0, 0.1) is 0 Å². The van der Waals surface area contributed by atoms with Gasteiger partial charge in [0.15, 0.2) is 11.0 Å². The average Bonchev–Trinajstić information content (AvgIpc) is 3.07. The predicted octanol–water partition coefficient (Wildman–Crippen LogP) is 4.15. The highest BCUT2D eigenvalue weighted by Gasteiger charge is 2.20. The van der Waals surface area contributed by atoms with Crippen molar-refractivity contribution >= 4 is 17.7 Å². The molecule has 0 saturated heterocycles. The molecule has 1 amide bonds. The van der Waals surface area contributed by atoms with Crippen LogP contribution in [0.3, 0.4) is 0 Å². The van der Waals surface area contributed by atoms with Crippen molar-refractivity contribution in [3.8, 4) is 17.1 Å². The summed E-state index contributed by atoms with van der Waals surface area (Å²) >= 11 is 1.43. The van der Waals surface area contributed by atoms with Crippen LogP contribution in [0.5, 0.6) is 5.75 Å². The number of aromatic nitrogens is 3. The van der Waals surface area contributed by atoms with E-state index in [4.69, 9.17) is 4.74 Å². The molecule has 1 aromatic heterocycles. The fourth-order valence-corrected chi connectivity index (χ4v) is 3.26. The number of carbonyl (C=O) groups is 1. The molecule has 148 valence electrons. The Hall–Kier alpha value is -2.02. The third-order valence-corrected chi connectivity index (χ3v) is 5.46. The Morgan fingerprint density at radius 2 is 1.93 bits per heavy atom. The molecule has 0 unspecified atom stereocenters. The molecular formula is C20H30N4O2S. The van der Waals surface area contributed by atoms with Crippen LogP contribution in [0.1, 0.15) is 47.0 Å². The number of carbonyl (C=O) groups excluding carboxylic acids is 1. The van der Waals surface area contributed by atoms with Gasteiger partial charge in [-0.1, -0.05) is 32.0 Å². The van der Waals surface area contributed by atoms with E-state index in [1.807, 2.05) is 38.1 Å². The summed E-state index contributed by atoms with van der Waals surface area (Å²) in [5, 5.41) is 12.6. The molecule has 0 aliphatic heterocycles. The van der Waals surface area contributed by atoms with Crippen LogP contribution in [-0.4, -0.2) is 39.1 Å². The fraction of sp³-hybridized carbons (Fsp3) is 0.550. The smallest absolute Gasteiger partial charge is 0.230 e. The van der Waals surface area contributed by atoms with Crippen LogP contribution in [0.15, 0.2) is 29.4 Å². The lowest BCUT2D eigenvalue weighted by molar-refractivity contribution is -0.120. The zero-order chi connectivity index (χ0) is 19.9. The molecule has 0 atom stereocenters. The van der Waals surface area contributed by atoms with Gasteiger partial charge in [0.1, 0.15) is 5.75 Å². The molecule has 1 heterocycles. The number of ether oxygens (including phenoxy) is 1. The van der Waals surface area contributed by atoms with Gasteiger partial charge in [0.05, 0.1) is 12.9 Å². The van der Waals surface area contributed by atoms with Gasteiger partial charge in [-0.05, 0) is 51.0 Å². The highest BCUT2D eigenvalue weighted by Crippen LogP contribution is 2.26. The van der Waals surface area contributed by atoms with Crippen LogP contribution in [0.25, 0.3) is 11.4 Å². The van der Waals surface area contributed by atoms with Crippen LogP contribution in [0.2, 0.25) is 0 Å². The number of nitrogens with zero attached hydrogens (tertiary/aromatic N) is 3. The Morgan fingerprint density at radius 1 is 1.22 bits per heavy atom. The average molecular weight is 391 g/mol. The maximum absolute atomic E-state index is 12.3. The van der Waals surface area contributed by atoms with E-state index in [1.165, 1.54) is 11.8 Å². The first-order valence-electron chi connectivity index (χ1n) is 9.41. The van der Waals surface area contributed by atoms with Crippen molar-refractivity contribution in [3.63, 3.8) is 0 Å². The number of hydrogen-bond donors (Lipinski definition) is 1. The normalized spacial score (nSPS) is 11.4. The summed E-state index contributed by atoms with van der Waals surface area (Å²) in [6, 6.07) is 7.80. The summed E-state index contributed by atoms with van der Waals surface area (Å²) < 4.78 is 7.33. The highest BCUT2D eigenvalue weighted by molar-refractivity contribution is 7.99. The summed E-state index contributed by atoms with van der Waals surface area (Å²) in [4.78, 5) is 12.3. The maximum Gasteiger partial charge on any atom is 0.230 e. The molecule has 1 aromatic carbocycles. The number of rotatable bonds is 10. The van der Waals surface area contributed by atoms with Crippen molar-refractivity contribution in [2.45, 2.75) is 64.2 Å². The van der Waals surface area contributed by atoms with E-state index < -0.39 is 0 Å². The summed E-state index contributed by atoms with van der Waals surface area (Å²) in [5.74, 6) is 1.98. The molecule has 27 heavy (non-hydrogen) atoms. The van der Waals surface area contributed by atoms with Crippen LogP contribution in [0.4, 0.5) is 0 Å². The second kappa shape index (κ2) is 9.78. The predicted molar refractivity (Wildman–Crippen MR) is 110 cm³/mol. The minimum atomic E-state index is -0.193. The molecule has 0 saturated carbocycles. The molecule has 2 rings (SSSR count). The summed E-state index contributed by atoms with van der Waals surface area (Å²) in [7, 11) is 1.65. The first-order chi connectivity index (χ1) is 12.9. The number of amides is 1. The molecule has 0 aliphatic rings. The molecule has 0 spiro atoms. The van der Waals surface area contributed by atoms with E-state index in [2.05, 4.69) is 33.9 Å². The van der Waals surface area contributed by atoms with E-state index >= 15 is 0 Å². The third kappa shape index (κ3) is 5.99. The van der Waals surface area contributed by atoms with Crippen LogP contribution >= 0.6 is 11.8 Å². The second-order valence-electron chi connectivity index (χ2n) is 7.11. The zero-order valence-electron chi connectivity index (χ0n) is 16.9. The third-order valence-electron chi connectivity index (χ3n) is 4.49. The lowest BCUT2D eigenvalue weighted by Crippen LogP contribution is -2.43. The number of unbranched alkanes of at least 4 members (excludes halogenated alkanes) is 1. The molecule has 0 bridgehead atoms. The Bertz CT molecular complexity index is 741. The number of hydrogen-bond acceptors (Lipinski definition) is 5. The van der Waals surface area contributed by atoms with Crippen molar-refractivity contribution in [2.24, 2.45) is 0 Å². The van der Waals surface area contributed by atoms with Crippen LogP contribution in [-0.2, 0) is 11.3 Å². The number of thioether (sulfide) groups is 1. The molecule has 0 fully saturated rings. The largest absolute Gasteiger partial charge is 0.497 e. The lowest BCUT2D eigenvalue weighted by Gasteiger charge is -2.24. The molecular weight excluding hydrogens is 360 g/mol. The highest BCUT2D eigenvalue weighted by atomic mass is 32.2. The summed E-state index contributed by atoms with van der Waals surface area (Å²) in [5.41, 5.74) is 0.796.